The van der Waals surface area contributed by atoms with Gasteiger partial charge in [-0.1, -0.05) is 29.3 Å². The third kappa shape index (κ3) is 4.24. The lowest BCUT2D eigenvalue weighted by Gasteiger charge is -2.11. The number of carbonyl (C=O) groups excluding carboxylic acids is 3. The minimum Gasteiger partial charge on any atom is -0.292 e. The average molecular weight is 437 g/mol. The molecule has 28 heavy (non-hydrogen) atoms. The molecule has 2 aromatic carbocycles. The van der Waals surface area contributed by atoms with E-state index in [0.29, 0.717) is 27.4 Å². The van der Waals surface area contributed by atoms with Crippen molar-refractivity contribution in [1.82, 2.24) is 4.90 Å². The van der Waals surface area contributed by atoms with Gasteiger partial charge in [0.1, 0.15) is 0 Å². The van der Waals surface area contributed by atoms with E-state index in [-0.39, 0.29) is 16.2 Å². The second kappa shape index (κ2) is 8.14. The molecule has 0 bridgehead atoms. The van der Waals surface area contributed by atoms with Gasteiger partial charge in [-0.25, -0.2) is 0 Å². The van der Waals surface area contributed by atoms with Gasteiger partial charge in [0.25, 0.3) is 16.8 Å². The van der Waals surface area contributed by atoms with Crippen molar-refractivity contribution < 1.29 is 19.3 Å². The van der Waals surface area contributed by atoms with Crippen molar-refractivity contribution in [3.8, 4) is 0 Å². The number of nitro groups is 1. The number of Topliss-reactive ketones (excluding diaryl/α,β-unsaturated/α-hetero) is 1. The molecule has 0 spiro atoms. The number of halogens is 2. The highest BCUT2D eigenvalue weighted by Gasteiger charge is 2.36. The number of hydrogen-bond donors (Lipinski definition) is 0. The van der Waals surface area contributed by atoms with Crippen molar-refractivity contribution in [2.24, 2.45) is 0 Å². The van der Waals surface area contributed by atoms with Crippen LogP contribution in [0.3, 0.4) is 0 Å². The molecule has 1 aliphatic heterocycles. The summed E-state index contributed by atoms with van der Waals surface area (Å²) in [6, 6.07) is 9.65. The minimum atomic E-state index is -0.615. The Labute approximate surface area is 173 Å². The van der Waals surface area contributed by atoms with E-state index in [9.17, 15) is 24.5 Å². The molecule has 142 valence electrons. The number of benzene rings is 2. The fourth-order valence-electron chi connectivity index (χ4n) is 2.40. The molecular formula is C18H10Cl2N2O5S. The molecule has 1 aliphatic rings. The monoisotopic (exact) mass is 436 g/mol. The molecule has 1 fully saturated rings. The van der Waals surface area contributed by atoms with Gasteiger partial charge in [0.15, 0.2) is 5.78 Å². The van der Waals surface area contributed by atoms with Crippen LogP contribution < -0.4 is 0 Å². The Morgan fingerprint density at radius 2 is 1.82 bits per heavy atom. The largest absolute Gasteiger partial charge is 0.293 e. The number of thioether (sulfide) groups is 1. The standard InChI is InChI=1S/C18H10Cl2N2O5S/c19-12-4-1-11(14(20)8-12)7-16-17(24)21(18(25)28-16)9-15(23)10-2-5-13(6-3-10)22(26)27/h1-8H,9H2/b16-7+. The van der Waals surface area contributed by atoms with Gasteiger partial charge < -0.3 is 0 Å². The second-order valence-corrected chi connectivity index (χ2v) is 7.50. The quantitative estimate of drug-likeness (QED) is 0.288. The summed E-state index contributed by atoms with van der Waals surface area (Å²) in [5, 5.41) is 10.8. The van der Waals surface area contributed by atoms with Crippen LogP contribution >= 0.6 is 35.0 Å². The highest BCUT2D eigenvalue weighted by atomic mass is 35.5. The molecule has 3 rings (SSSR count). The third-order valence-corrected chi connectivity index (χ3v) is 5.29. The van der Waals surface area contributed by atoms with Gasteiger partial charge in [-0.3, -0.25) is 29.4 Å². The summed E-state index contributed by atoms with van der Waals surface area (Å²) in [6.07, 6.45) is 1.46. The van der Waals surface area contributed by atoms with Crippen molar-refractivity contribution in [3.05, 3.63) is 78.7 Å². The first-order valence-electron chi connectivity index (χ1n) is 7.74. The van der Waals surface area contributed by atoms with Gasteiger partial charge in [0, 0.05) is 27.7 Å². The fourth-order valence-corrected chi connectivity index (χ4v) is 3.69. The van der Waals surface area contributed by atoms with Crippen molar-refractivity contribution in [1.29, 1.82) is 0 Å². The zero-order valence-corrected chi connectivity index (χ0v) is 16.3. The van der Waals surface area contributed by atoms with E-state index >= 15 is 0 Å². The van der Waals surface area contributed by atoms with E-state index in [1.165, 1.54) is 36.4 Å². The van der Waals surface area contributed by atoms with Gasteiger partial charge in [0.05, 0.1) is 16.4 Å². The summed E-state index contributed by atoms with van der Waals surface area (Å²) < 4.78 is 0. The van der Waals surface area contributed by atoms with Crippen molar-refractivity contribution in [2.75, 3.05) is 6.54 Å². The van der Waals surface area contributed by atoms with Gasteiger partial charge in [-0.2, -0.15) is 0 Å². The first kappa shape index (κ1) is 20.1. The topological polar surface area (TPSA) is 97.6 Å². The highest BCUT2D eigenvalue weighted by Crippen LogP contribution is 2.34. The predicted octanol–water partition coefficient (Wildman–Crippen LogP) is 4.82. The fraction of sp³-hybridized carbons (Fsp3) is 0.0556. The van der Waals surface area contributed by atoms with E-state index in [2.05, 4.69) is 0 Å². The summed E-state index contributed by atoms with van der Waals surface area (Å²) in [6.45, 7) is -0.464. The number of imide groups is 1. The van der Waals surface area contributed by atoms with E-state index in [1.807, 2.05) is 0 Å². The lowest BCUT2D eigenvalue weighted by atomic mass is 10.1. The molecule has 10 heteroatoms. The van der Waals surface area contributed by atoms with Gasteiger partial charge in [0.2, 0.25) is 0 Å². The normalized spacial score (nSPS) is 15.4. The Morgan fingerprint density at radius 3 is 2.43 bits per heavy atom. The smallest absolute Gasteiger partial charge is 0.292 e. The maximum Gasteiger partial charge on any atom is 0.293 e. The molecule has 7 nitrogen and oxygen atoms in total. The van der Waals surface area contributed by atoms with Crippen LogP contribution in [0.5, 0.6) is 0 Å². The Kier molecular flexibility index (Phi) is 5.83. The predicted molar refractivity (Wildman–Crippen MR) is 107 cm³/mol. The van der Waals surface area contributed by atoms with Crippen molar-refractivity contribution in [3.63, 3.8) is 0 Å². The van der Waals surface area contributed by atoms with Crippen LogP contribution in [0.1, 0.15) is 15.9 Å². The molecule has 0 saturated carbocycles. The number of hydrogen-bond acceptors (Lipinski definition) is 6. The lowest BCUT2D eigenvalue weighted by Crippen LogP contribution is -2.33. The average Bonchev–Trinajstić information content (AvgIpc) is 2.91. The second-order valence-electron chi connectivity index (χ2n) is 5.66. The van der Waals surface area contributed by atoms with Crippen LogP contribution in [0.2, 0.25) is 10.0 Å². The first-order valence-corrected chi connectivity index (χ1v) is 9.31. The number of rotatable bonds is 5. The van der Waals surface area contributed by atoms with Crippen LogP contribution in [0.4, 0.5) is 10.5 Å². The molecule has 0 N–H and O–H groups in total. The van der Waals surface area contributed by atoms with Gasteiger partial charge in [-0.05, 0) is 47.7 Å². The maximum absolute atomic E-state index is 12.5. The number of carbonyl (C=O) groups is 3. The molecule has 0 unspecified atom stereocenters. The van der Waals surface area contributed by atoms with E-state index < -0.39 is 28.4 Å². The number of amides is 2. The van der Waals surface area contributed by atoms with Crippen molar-refractivity contribution >= 4 is 63.7 Å². The Morgan fingerprint density at radius 1 is 1.14 bits per heavy atom. The molecule has 0 aromatic heterocycles. The van der Waals surface area contributed by atoms with E-state index in [0.717, 1.165) is 4.90 Å². The summed E-state index contributed by atoms with van der Waals surface area (Å²) in [7, 11) is 0. The molecule has 2 aromatic rings. The minimum absolute atomic E-state index is 0.130. The van der Waals surface area contributed by atoms with Crippen LogP contribution in [0.25, 0.3) is 6.08 Å². The molecular weight excluding hydrogens is 427 g/mol. The Balaban J connectivity index is 1.77. The van der Waals surface area contributed by atoms with E-state index in [1.54, 1.807) is 12.1 Å². The van der Waals surface area contributed by atoms with Gasteiger partial charge in [-0.15, -0.1) is 0 Å². The Hall–Kier alpha value is -2.68. The van der Waals surface area contributed by atoms with Crippen LogP contribution in [-0.4, -0.2) is 33.3 Å². The highest BCUT2D eigenvalue weighted by molar-refractivity contribution is 8.18. The molecule has 0 radical (unpaired) electrons. The van der Waals surface area contributed by atoms with Crippen LogP contribution in [-0.2, 0) is 4.79 Å². The first-order chi connectivity index (χ1) is 13.3. The van der Waals surface area contributed by atoms with Crippen LogP contribution in [0, 0.1) is 10.1 Å². The summed E-state index contributed by atoms with van der Waals surface area (Å²) >= 11 is 12.6. The molecule has 1 heterocycles. The molecule has 0 aliphatic carbocycles. The molecule has 0 atom stereocenters. The third-order valence-electron chi connectivity index (χ3n) is 3.82. The lowest BCUT2D eigenvalue weighted by molar-refractivity contribution is -0.384. The number of ketones is 1. The molecule has 2 amide bonds. The number of nitro benzene ring substituents is 1. The molecule has 1 saturated heterocycles. The SMILES string of the molecule is O=C(CN1C(=O)S/C(=C/c2ccc(Cl)cc2Cl)C1=O)c1ccc([N+](=O)[O-])cc1. The maximum atomic E-state index is 12.5. The zero-order chi connectivity index (χ0) is 20.4. The zero-order valence-electron chi connectivity index (χ0n) is 13.9. The summed E-state index contributed by atoms with van der Waals surface area (Å²) in [5.41, 5.74) is 0.512. The van der Waals surface area contributed by atoms with Gasteiger partial charge >= 0.3 is 0 Å². The summed E-state index contributed by atoms with van der Waals surface area (Å²) in [5.74, 6) is -1.13. The van der Waals surface area contributed by atoms with E-state index in [4.69, 9.17) is 23.2 Å². The van der Waals surface area contributed by atoms with Crippen molar-refractivity contribution in [2.45, 2.75) is 0 Å². The summed E-state index contributed by atoms with van der Waals surface area (Å²) in [4.78, 5) is 48.1. The number of nitrogens with zero attached hydrogens (tertiary/aromatic N) is 2. The number of non-ortho nitro benzene ring substituents is 1. The van der Waals surface area contributed by atoms with Crippen LogP contribution in [0.15, 0.2) is 47.4 Å². The Bertz CT molecular complexity index is 1040.